The molecule has 0 unspecified atom stereocenters. The molecule has 2 heterocycles. The van der Waals surface area contributed by atoms with Crippen molar-refractivity contribution in [2.75, 3.05) is 21.2 Å². The summed E-state index contributed by atoms with van der Waals surface area (Å²) in [5.74, 6) is 0.700. The molecule has 2 aliphatic heterocycles. The molecule has 2 atom stereocenters. The fraction of sp³-hybridized carbons (Fsp3) is 0.400. The topological polar surface area (TPSA) is 79.9 Å². The van der Waals surface area contributed by atoms with E-state index in [-0.39, 0.29) is 11.8 Å². The molecule has 2 N–H and O–H groups in total. The third-order valence-corrected chi connectivity index (χ3v) is 5.84. The van der Waals surface area contributed by atoms with Crippen LogP contribution in [0.4, 0.5) is 4.79 Å². The van der Waals surface area contributed by atoms with Crippen molar-refractivity contribution in [1.29, 1.82) is 0 Å². The standard InChI is InChI=1S/C20H23N3O4/c1-21-19-13-18(10-8-15(24)9-11-18)27-20(19,22-17(25)23(19)2)12-14-4-6-16(26-3)7-5-14/h4-11,21H,12-13H2,1-3H3,(H,22,25)/t19-,20+/m0/s1. The Morgan fingerprint density at radius 3 is 2.48 bits per heavy atom. The minimum Gasteiger partial charge on any atom is -0.497 e. The van der Waals surface area contributed by atoms with Gasteiger partial charge in [0.1, 0.15) is 17.0 Å². The number of methoxy groups -OCH3 is 1. The molecule has 1 aromatic rings. The van der Waals surface area contributed by atoms with Crippen LogP contribution in [0.25, 0.3) is 0 Å². The van der Waals surface area contributed by atoms with E-state index in [4.69, 9.17) is 9.47 Å². The number of urea groups is 1. The summed E-state index contributed by atoms with van der Waals surface area (Å²) in [5.41, 5.74) is -1.51. The second kappa shape index (κ2) is 5.94. The number of nitrogens with one attached hydrogen (secondary N) is 2. The van der Waals surface area contributed by atoms with E-state index in [0.717, 1.165) is 11.3 Å². The zero-order valence-electron chi connectivity index (χ0n) is 15.6. The van der Waals surface area contributed by atoms with Gasteiger partial charge in [0.2, 0.25) is 0 Å². The number of allylic oxidation sites excluding steroid dienone is 2. The van der Waals surface area contributed by atoms with Crippen molar-refractivity contribution < 1.29 is 19.1 Å². The van der Waals surface area contributed by atoms with Gasteiger partial charge < -0.3 is 19.7 Å². The van der Waals surface area contributed by atoms with Crippen molar-refractivity contribution in [3.05, 3.63) is 54.1 Å². The van der Waals surface area contributed by atoms with E-state index in [1.54, 1.807) is 31.2 Å². The maximum absolute atomic E-state index is 12.6. The number of carbonyl (C=O) groups excluding carboxylic acids is 2. The molecule has 4 rings (SSSR count). The largest absolute Gasteiger partial charge is 0.497 e. The molecule has 1 spiro atoms. The monoisotopic (exact) mass is 369 g/mol. The SMILES string of the molecule is CN[C@]12CC3(C=CC(=O)C=C3)O[C@@]1(Cc1ccc(OC)cc1)NC(=O)N2C. The van der Waals surface area contributed by atoms with Crippen LogP contribution in [-0.4, -0.2) is 54.9 Å². The van der Waals surface area contributed by atoms with Crippen LogP contribution in [0, 0.1) is 0 Å². The molecule has 2 fully saturated rings. The van der Waals surface area contributed by atoms with Crippen molar-refractivity contribution in [3.63, 3.8) is 0 Å². The second-order valence-electron chi connectivity index (χ2n) is 7.25. The number of carbonyl (C=O) groups is 2. The minimum absolute atomic E-state index is 0.0682. The van der Waals surface area contributed by atoms with Crippen molar-refractivity contribution in [1.82, 2.24) is 15.5 Å². The Bertz CT molecular complexity index is 831. The van der Waals surface area contributed by atoms with Gasteiger partial charge in [0, 0.05) is 19.9 Å². The van der Waals surface area contributed by atoms with Crippen LogP contribution in [0.15, 0.2) is 48.6 Å². The van der Waals surface area contributed by atoms with Gasteiger partial charge in [0.25, 0.3) is 0 Å². The summed E-state index contributed by atoms with van der Waals surface area (Å²) in [6.07, 6.45) is 7.55. The molecule has 1 aromatic carbocycles. The summed E-state index contributed by atoms with van der Waals surface area (Å²) in [4.78, 5) is 25.8. The van der Waals surface area contributed by atoms with Gasteiger partial charge in [-0.3, -0.25) is 10.1 Å². The second-order valence-corrected chi connectivity index (χ2v) is 7.25. The molecule has 142 valence electrons. The molecule has 0 bridgehead atoms. The van der Waals surface area contributed by atoms with Crippen molar-refractivity contribution >= 4 is 11.8 Å². The van der Waals surface area contributed by atoms with Crippen molar-refractivity contribution in [2.45, 2.75) is 29.8 Å². The Hall–Kier alpha value is -2.64. The summed E-state index contributed by atoms with van der Waals surface area (Å²) < 4.78 is 11.8. The van der Waals surface area contributed by atoms with E-state index in [1.165, 1.54) is 12.2 Å². The molecule has 0 aromatic heterocycles. The maximum atomic E-state index is 12.6. The van der Waals surface area contributed by atoms with Crippen LogP contribution in [0.1, 0.15) is 12.0 Å². The minimum atomic E-state index is -0.989. The molecule has 3 aliphatic rings. The lowest BCUT2D eigenvalue weighted by Gasteiger charge is -2.40. The Labute approximate surface area is 158 Å². The first-order valence-electron chi connectivity index (χ1n) is 8.88. The zero-order chi connectivity index (χ0) is 19.3. The number of likely N-dealkylation sites (N-methyl/N-ethyl adjacent to an activating group) is 2. The Kier molecular flexibility index (Phi) is 3.90. The van der Waals surface area contributed by atoms with E-state index in [1.807, 2.05) is 31.3 Å². The summed E-state index contributed by atoms with van der Waals surface area (Å²) in [5, 5.41) is 6.38. The molecule has 7 nitrogen and oxygen atoms in total. The number of hydrogen-bond donors (Lipinski definition) is 2. The first kappa shape index (κ1) is 17.8. The third-order valence-electron chi connectivity index (χ3n) is 5.84. The van der Waals surface area contributed by atoms with Crippen LogP contribution in [0.5, 0.6) is 5.75 Å². The van der Waals surface area contributed by atoms with E-state index in [9.17, 15) is 9.59 Å². The number of ether oxygens (including phenoxy) is 2. The summed E-state index contributed by atoms with van der Waals surface area (Å²) >= 11 is 0. The van der Waals surface area contributed by atoms with Crippen LogP contribution in [0.2, 0.25) is 0 Å². The van der Waals surface area contributed by atoms with Gasteiger partial charge in [0.15, 0.2) is 11.5 Å². The van der Waals surface area contributed by atoms with Gasteiger partial charge in [0.05, 0.1) is 7.11 Å². The highest BCUT2D eigenvalue weighted by molar-refractivity contribution is 6.00. The highest BCUT2D eigenvalue weighted by Crippen LogP contribution is 2.51. The quantitative estimate of drug-likeness (QED) is 0.838. The number of nitrogens with zero attached hydrogens (tertiary/aromatic N) is 1. The Balaban J connectivity index is 1.76. The van der Waals surface area contributed by atoms with E-state index in [0.29, 0.717) is 12.8 Å². The number of benzene rings is 1. The van der Waals surface area contributed by atoms with Gasteiger partial charge in [-0.15, -0.1) is 0 Å². The van der Waals surface area contributed by atoms with E-state index in [2.05, 4.69) is 10.6 Å². The molecule has 1 aliphatic carbocycles. The number of ketones is 1. The average molecular weight is 369 g/mol. The number of rotatable bonds is 4. The highest BCUT2D eigenvalue weighted by Gasteiger charge is 2.71. The molecule has 7 heteroatoms. The summed E-state index contributed by atoms with van der Waals surface area (Å²) in [6, 6.07) is 7.49. The lowest BCUT2D eigenvalue weighted by molar-refractivity contribution is -0.112. The normalized spacial score (nSPS) is 30.7. The smallest absolute Gasteiger partial charge is 0.321 e. The molecular weight excluding hydrogens is 346 g/mol. The van der Waals surface area contributed by atoms with Gasteiger partial charge in [-0.25, -0.2) is 4.79 Å². The maximum Gasteiger partial charge on any atom is 0.321 e. The third kappa shape index (κ3) is 2.49. The van der Waals surface area contributed by atoms with Gasteiger partial charge >= 0.3 is 6.03 Å². The zero-order valence-corrected chi connectivity index (χ0v) is 15.6. The lowest BCUT2D eigenvalue weighted by Crippen LogP contribution is -2.65. The predicted molar refractivity (Wildman–Crippen MR) is 99.2 cm³/mol. The number of fused-ring (bicyclic) bond motifs is 1. The summed E-state index contributed by atoms with van der Waals surface area (Å²) in [6.45, 7) is 0. The fourth-order valence-electron chi connectivity index (χ4n) is 4.39. The molecule has 27 heavy (non-hydrogen) atoms. The van der Waals surface area contributed by atoms with Gasteiger partial charge in [-0.2, -0.15) is 0 Å². The average Bonchev–Trinajstić information content (AvgIpc) is 3.04. The van der Waals surface area contributed by atoms with E-state index < -0.39 is 17.0 Å². The predicted octanol–water partition coefficient (Wildman–Crippen LogP) is 1.36. The Morgan fingerprint density at radius 2 is 1.89 bits per heavy atom. The molecular formula is C20H23N3O4. The van der Waals surface area contributed by atoms with Crippen LogP contribution < -0.4 is 15.4 Å². The fourth-order valence-corrected chi connectivity index (χ4v) is 4.39. The molecule has 2 amide bonds. The molecule has 0 radical (unpaired) electrons. The van der Waals surface area contributed by atoms with Crippen molar-refractivity contribution in [2.24, 2.45) is 0 Å². The van der Waals surface area contributed by atoms with Crippen LogP contribution in [0.3, 0.4) is 0 Å². The van der Waals surface area contributed by atoms with Crippen molar-refractivity contribution in [3.8, 4) is 5.75 Å². The highest BCUT2D eigenvalue weighted by atomic mass is 16.6. The lowest BCUT2D eigenvalue weighted by atomic mass is 9.84. The van der Waals surface area contributed by atoms with E-state index >= 15 is 0 Å². The number of hydrogen-bond acceptors (Lipinski definition) is 5. The first-order valence-corrected chi connectivity index (χ1v) is 8.88. The number of amides is 2. The summed E-state index contributed by atoms with van der Waals surface area (Å²) in [7, 11) is 5.20. The molecule has 0 saturated carbocycles. The Morgan fingerprint density at radius 1 is 1.22 bits per heavy atom. The van der Waals surface area contributed by atoms with Crippen LogP contribution >= 0.6 is 0 Å². The molecule has 2 saturated heterocycles. The first-order chi connectivity index (χ1) is 12.9. The van der Waals surface area contributed by atoms with Crippen LogP contribution in [-0.2, 0) is 16.0 Å². The van der Waals surface area contributed by atoms with Gasteiger partial charge in [-0.05, 0) is 49.0 Å². The van der Waals surface area contributed by atoms with Gasteiger partial charge in [-0.1, -0.05) is 12.1 Å².